The van der Waals surface area contributed by atoms with Crippen LogP contribution in [-0.2, 0) is 11.3 Å². The number of carbonyl (C=O) groups excluding carboxylic acids is 1. The molecule has 5 heteroatoms. The lowest BCUT2D eigenvalue weighted by atomic mass is 10.1. The molecule has 1 aromatic heterocycles. The molecule has 1 aromatic rings. The number of carbonyl (C=O) groups is 1. The number of amides is 1. The van der Waals surface area contributed by atoms with Gasteiger partial charge in [0.2, 0.25) is 5.91 Å². The van der Waals surface area contributed by atoms with Crippen molar-refractivity contribution in [1.29, 1.82) is 0 Å². The van der Waals surface area contributed by atoms with Gasteiger partial charge in [0.25, 0.3) is 0 Å². The lowest BCUT2D eigenvalue weighted by Gasteiger charge is -2.09. The lowest BCUT2D eigenvalue weighted by Crippen LogP contribution is -2.32. The van der Waals surface area contributed by atoms with Crippen molar-refractivity contribution >= 4 is 5.91 Å². The number of nitrogens with one attached hydrogen (secondary N) is 2. The molecule has 0 aromatic carbocycles. The zero-order valence-electron chi connectivity index (χ0n) is 10.3. The molecule has 2 rings (SSSR count). The minimum absolute atomic E-state index is 0.0951. The topological polar surface area (TPSA) is 66.9 Å². The Labute approximate surface area is 101 Å². The van der Waals surface area contributed by atoms with Crippen LogP contribution >= 0.6 is 0 Å². The number of aryl methyl sites for hydroxylation is 2. The van der Waals surface area contributed by atoms with Gasteiger partial charge in [0.05, 0.1) is 12.5 Å². The van der Waals surface area contributed by atoms with E-state index in [-0.39, 0.29) is 11.8 Å². The maximum atomic E-state index is 11.8. The summed E-state index contributed by atoms with van der Waals surface area (Å²) in [7, 11) is 0. The molecule has 1 aliphatic rings. The van der Waals surface area contributed by atoms with Crippen LogP contribution in [0.5, 0.6) is 0 Å². The summed E-state index contributed by atoms with van der Waals surface area (Å²) < 4.78 is 0. The second-order valence-electron chi connectivity index (χ2n) is 4.47. The Morgan fingerprint density at radius 2 is 2.18 bits per heavy atom. The predicted molar refractivity (Wildman–Crippen MR) is 64.3 cm³/mol. The molecule has 2 heterocycles. The highest BCUT2D eigenvalue weighted by atomic mass is 16.1. The monoisotopic (exact) mass is 234 g/mol. The van der Waals surface area contributed by atoms with Gasteiger partial charge in [-0.1, -0.05) is 0 Å². The fourth-order valence-corrected chi connectivity index (χ4v) is 2.07. The first-order valence-electron chi connectivity index (χ1n) is 5.95. The van der Waals surface area contributed by atoms with E-state index in [1.807, 2.05) is 19.9 Å². The van der Waals surface area contributed by atoms with Gasteiger partial charge in [-0.15, -0.1) is 0 Å². The third kappa shape index (κ3) is 3.23. The van der Waals surface area contributed by atoms with Gasteiger partial charge in [-0.25, -0.2) is 9.97 Å². The molecule has 1 unspecified atom stereocenters. The smallest absolute Gasteiger partial charge is 0.224 e. The molecule has 1 aliphatic heterocycles. The van der Waals surface area contributed by atoms with Gasteiger partial charge in [-0.05, 0) is 32.9 Å². The summed E-state index contributed by atoms with van der Waals surface area (Å²) in [6.45, 7) is 5.98. The maximum absolute atomic E-state index is 11.8. The van der Waals surface area contributed by atoms with Crippen molar-refractivity contribution in [1.82, 2.24) is 20.6 Å². The summed E-state index contributed by atoms with van der Waals surface area (Å²) in [5.74, 6) is 0.875. The van der Waals surface area contributed by atoms with E-state index in [4.69, 9.17) is 0 Å². The Hall–Kier alpha value is -1.49. The van der Waals surface area contributed by atoms with Crippen LogP contribution in [0.3, 0.4) is 0 Å². The van der Waals surface area contributed by atoms with Crippen LogP contribution in [0.4, 0.5) is 0 Å². The number of rotatable bonds is 3. The number of hydrogen-bond donors (Lipinski definition) is 2. The van der Waals surface area contributed by atoms with Crippen LogP contribution in [-0.4, -0.2) is 29.0 Å². The average molecular weight is 234 g/mol. The molecule has 0 aliphatic carbocycles. The van der Waals surface area contributed by atoms with E-state index in [9.17, 15) is 4.79 Å². The lowest BCUT2D eigenvalue weighted by molar-refractivity contribution is -0.124. The third-order valence-corrected chi connectivity index (χ3v) is 2.88. The quantitative estimate of drug-likeness (QED) is 0.790. The van der Waals surface area contributed by atoms with Gasteiger partial charge in [0, 0.05) is 17.9 Å². The van der Waals surface area contributed by atoms with E-state index >= 15 is 0 Å². The normalized spacial score (nSPS) is 19.3. The van der Waals surface area contributed by atoms with Crippen molar-refractivity contribution in [2.45, 2.75) is 26.8 Å². The fraction of sp³-hybridized carbons (Fsp3) is 0.583. The first kappa shape index (κ1) is 12.0. The minimum atomic E-state index is 0.0951. The predicted octanol–water partition coefficient (Wildman–Crippen LogP) is 0.319. The Bertz CT molecular complexity index is 393. The van der Waals surface area contributed by atoms with Crippen molar-refractivity contribution in [2.24, 2.45) is 5.92 Å². The van der Waals surface area contributed by atoms with Crippen molar-refractivity contribution in [2.75, 3.05) is 13.1 Å². The number of nitrogens with zero attached hydrogens (tertiary/aromatic N) is 2. The molecule has 1 saturated heterocycles. The zero-order valence-corrected chi connectivity index (χ0v) is 10.3. The molecule has 0 spiro atoms. The molecule has 17 heavy (non-hydrogen) atoms. The molecule has 0 bridgehead atoms. The highest BCUT2D eigenvalue weighted by molar-refractivity contribution is 5.79. The average Bonchev–Trinajstić information content (AvgIpc) is 2.78. The van der Waals surface area contributed by atoms with Crippen LogP contribution < -0.4 is 10.6 Å². The fourth-order valence-electron chi connectivity index (χ4n) is 2.07. The van der Waals surface area contributed by atoms with E-state index < -0.39 is 0 Å². The number of hydrogen-bond acceptors (Lipinski definition) is 4. The molecule has 1 atom stereocenters. The first-order chi connectivity index (χ1) is 8.15. The van der Waals surface area contributed by atoms with E-state index in [1.165, 1.54) is 0 Å². The van der Waals surface area contributed by atoms with Crippen LogP contribution in [0.25, 0.3) is 0 Å². The summed E-state index contributed by atoms with van der Waals surface area (Å²) in [4.78, 5) is 20.4. The molecule has 0 saturated carbocycles. The van der Waals surface area contributed by atoms with Crippen molar-refractivity contribution in [3.8, 4) is 0 Å². The van der Waals surface area contributed by atoms with E-state index in [0.717, 1.165) is 30.9 Å². The standard InChI is InChI=1S/C12H18N4O/c1-8-5-9(2)16-11(15-8)7-14-12(17)10-3-4-13-6-10/h5,10,13H,3-4,6-7H2,1-2H3,(H,14,17). The van der Waals surface area contributed by atoms with Crippen molar-refractivity contribution in [3.63, 3.8) is 0 Å². The second kappa shape index (κ2) is 5.23. The van der Waals surface area contributed by atoms with Crippen LogP contribution in [0, 0.1) is 19.8 Å². The van der Waals surface area contributed by atoms with Gasteiger partial charge < -0.3 is 10.6 Å². The minimum Gasteiger partial charge on any atom is -0.349 e. The van der Waals surface area contributed by atoms with Crippen LogP contribution in [0.2, 0.25) is 0 Å². The molecule has 0 radical (unpaired) electrons. The van der Waals surface area contributed by atoms with E-state index in [2.05, 4.69) is 20.6 Å². The molecule has 1 fully saturated rings. The Morgan fingerprint density at radius 3 is 2.76 bits per heavy atom. The summed E-state index contributed by atoms with van der Waals surface area (Å²) >= 11 is 0. The second-order valence-corrected chi connectivity index (χ2v) is 4.47. The summed E-state index contributed by atoms with van der Waals surface area (Å²) in [6.07, 6.45) is 0.916. The third-order valence-electron chi connectivity index (χ3n) is 2.88. The Balaban J connectivity index is 1.90. The molecule has 5 nitrogen and oxygen atoms in total. The summed E-state index contributed by atoms with van der Waals surface area (Å²) in [6, 6.07) is 1.92. The van der Waals surface area contributed by atoms with Gasteiger partial charge in [-0.2, -0.15) is 0 Å². The Morgan fingerprint density at radius 1 is 1.47 bits per heavy atom. The molecule has 2 N–H and O–H groups in total. The molecular formula is C12H18N4O. The SMILES string of the molecule is Cc1cc(C)nc(CNC(=O)C2CCNC2)n1. The van der Waals surface area contributed by atoms with Crippen molar-refractivity contribution < 1.29 is 4.79 Å². The highest BCUT2D eigenvalue weighted by Crippen LogP contribution is 2.07. The first-order valence-corrected chi connectivity index (χ1v) is 5.95. The van der Waals surface area contributed by atoms with Crippen LogP contribution in [0.15, 0.2) is 6.07 Å². The van der Waals surface area contributed by atoms with Gasteiger partial charge in [-0.3, -0.25) is 4.79 Å². The zero-order chi connectivity index (χ0) is 12.3. The summed E-state index contributed by atoms with van der Waals surface area (Å²) in [5, 5.41) is 6.07. The molecule has 1 amide bonds. The molecular weight excluding hydrogens is 216 g/mol. The van der Waals surface area contributed by atoms with Crippen molar-refractivity contribution in [3.05, 3.63) is 23.3 Å². The molecule has 92 valence electrons. The largest absolute Gasteiger partial charge is 0.349 e. The highest BCUT2D eigenvalue weighted by Gasteiger charge is 2.21. The van der Waals surface area contributed by atoms with Crippen LogP contribution in [0.1, 0.15) is 23.6 Å². The summed E-state index contributed by atoms with van der Waals surface area (Å²) in [5.41, 5.74) is 1.87. The van der Waals surface area contributed by atoms with Gasteiger partial charge in [0.15, 0.2) is 0 Å². The van der Waals surface area contributed by atoms with Gasteiger partial charge in [0.1, 0.15) is 5.82 Å². The van der Waals surface area contributed by atoms with E-state index in [0.29, 0.717) is 12.4 Å². The number of aromatic nitrogens is 2. The van der Waals surface area contributed by atoms with Gasteiger partial charge >= 0.3 is 0 Å². The maximum Gasteiger partial charge on any atom is 0.224 e. The van der Waals surface area contributed by atoms with E-state index in [1.54, 1.807) is 0 Å². The Kier molecular flexibility index (Phi) is 3.68.